The lowest BCUT2D eigenvalue weighted by Gasteiger charge is -2.40. The zero-order chi connectivity index (χ0) is 11.5. The third-order valence-corrected chi connectivity index (χ3v) is 3.97. The average molecular weight is 239 g/mol. The van der Waals surface area contributed by atoms with Crippen LogP contribution in [0.5, 0.6) is 0 Å². The number of hydrogen-bond donors (Lipinski definition) is 1. The van der Waals surface area contributed by atoms with Crippen LogP contribution in [0.15, 0.2) is 11.7 Å². The van der Waals surface area contributed by atoms with Gasteiger partial charge in [-0.25, -0.2) is 0 Å². The first-order chi connectivity index (χ1) is 7.68. The predicted octanol–water partition coefficient (Wildman–Crippen LogP) is 2.26. The minimum atomic E-state index is 0.271. The number of rotatable bonds is 3. The van der Waals surface area contributed by atoms with Crippen molar-refractivity contribution in [3.8, 4) is 0 Å². The minimum absolute atomic E-state index is 0.271. The summed E-state index contributed by atoms with van der Waals surface area (Å²) in [6, 6.07) is 0.664. The van der Waals surface area contributed by atoms with Crippen LogP contribution in [-0.4, -0.2) is 29.0 Å². The fraction of sp³-hybridized carbons (Fsp3) is 0.750. The number of piperidine rings is 1. The summed E-state index contributed by atoms with van der Waals surface area (Å²) in [4.78, 5) is 8.04. The van der Waals surface area contributed by atoms with Crippen molar-refractivity contribution < 1.29 is 0 Å². The molecule has 0 bridgehead atoms. The standard InChI is InChI=1S/C12H21N3S/c1-9(2)7-15-5-3-4-10(13)12(15)11-6-14-8-16-11/h6,8-10,12H,3-5,7,13H2,1-2H3. The average Bonchev–Trinajstić information content (AvgIpc) is 2.69. The highest BCUT2D eigenvalue weighted by molar-refractivity contribution is 7.09. The Hall–Kier alpha value is -0.450. The van der Waals surface area contributed by atoms with Gasteiger partial charge in [-0.3, -0.25) is 9.88 Å². The van der Waals surface area contributed by atoms with Gasteiger partial charge in [-0.05, 0) is 25.3 Å². The van der Waals surface area contributed by atoms with Crippen LogP contribution < -0.4 is 5.73 Å². The van der Waals surface area contributed by atoms with Crippen molar-refractivity contribution >= 4 is 11.3 Å². The quantitative estimate of drug-likeness (QED) is 0.880. The Morgan fingerprint density at radius 1 is 1.62 bits per heavy atom. The number of hydrogen-bond acceptors (Lipinski definition) is 4. The molecule has 1 fully saturated rings. The lowest BCUT2D eigenvalue weighted by atomic mass is 9.95. The first-order valence-electron chi connectivity index (χ1n) is 6.06. The molecule has 16 heavy (non-hydrogen) atoms. The molecule has 90 valence electrons. The number of thiazole rings is 1. The van der Waals surface area contributed by atoms with Crippen molar-refractivity contribution in [1.29, 1.82) is 0 Å². The smallest absolute Gasteiger partial charge is 0.0794 e. The monoisotopic (exact) mass is 239 g/mol. The highest BCUT2D eigenvalue weighted by atomic mass is 32.1. The van der Waals surface area contributed by atoms with Gasteiger partial charge in [0, 0.05) is 23.7 Å². The molecule has 0 spiro atoms. The lowest BCUT2D eigenvalue weighted by molar-refractivity contribution is 0.116. The van der Waals surface area contributed by atoms with E-state index in [-0.39, 0.29) is 6.04 Å². The molecule has 2 unspecified atom stereocenters. The number of nitrogens with zero attached hydrogens (tertiary/aromatic N) is 2. The molecule has 4 heteroatoms. The van der Waals surface area contributed by atoms with Gasteiger partial charge in [0.15, 0.2) is 0 Å². The Kier molecular flexibility index (Phi) is 3.95. The largest absolute Gasteiger partial charge is 0.326 e. The van der Waals surface area contributed by atoms with Crippen LogP contribution in [0.25, 0.3) is 0 Å². The maximum atomic E-state index is 6.27. The normalized spacial score (nSPS) is 27.5. The van der Waals surface area contributed by atoms with E-state index in [0.717, 1.165) is 13.0 Å². The van der Waals surface area contributed by atoms with Gasteiger partial charge in [0.2, 0.25) is 0 Å². The van der Waals surface area contributed by atoms with Crippen LogP contribution in [0.4, 0.5) is 0 Å². The summed E-state index contributed by atoms with van der Waals surface area (Å²) in [7, 11) is 0. The molecule has 2 heterocycles. The van der Waals surface area contributed by atoms with Gasteiger partial charge in [-0.15, -0.1) is 11.3 Å². The van der Waals surface area contributed by atoms with E-state index in [1.807, 2.05) is 11.7 Å². The number of aromatic nitrogens is 1. The Balaban J connectivity index is 2.14. The number of nitrogens with two attached hydrogens (primary N) is 1. The van der Waals surface area contributed by atoms with E-state index in [1.165, 1.54) is 17.8 Å². The maximum absolute atomic E-state index is 6.27. The van der Waals surface area contributed by atoms with E-state index < -0.39 is 0 Å². The molecule has 1 aliphatic heterocycles. The van der Waals surface area contributed by atoms with Crippen LogP contribution in [0.3, 0.4) is 0 Å². The molecule has 3 nitrogen and oxygen atoms in total. The highest BCUT2D eigenvalue weighted by Crippen LogP contribution is 2.32. The van der Waals surface area contributed by atoms with Gasteiger partial charge in [0.1, 0.15) is 0 Å². The maximum Gasteiger partial charge on any atom is 0.0794 e. The fourth-order valence-electron chi connectivity index (χ4n) is 2.53. The molecule has 1 aromatic rings. The van der Waals surface area contributed by atoms with Crippen molar-refractivity contribution in [3.05, 3.63) is 16.6 Å². The summed E-state index contributed by atoms with van der Waals surface area (Å²) in [5, 5.41) is 0. The second-order valence-corrected chi connectivity index (χ2v) is 5.96. The zero-order valence-corrected chi connectivity index (χ0v) is 10.9. The van der Waals surface area contributed by atoms with E-state index in [0.29, 0.717) is 12.0 Å². The fourth-order valence-corrected chi connectivity index (χ4v) is 3.36. The second kappa shape index (κ2) is 5.25. The van der Waals surface area contributed by atoms with Crippen LogP contribution in [0, 0.1) is 5.92 Å². The Morgan fingerprint density at radius 3 is 3.06 bits per heavy atom. The molecular weight excluding hydrogens is 218 g/mol. The molecule has 1 aliphatic rings. The first-order valence-corrected chi connectivity index (χ1v) is 6.94. The molecule has 0 radical (unpaired) electrons. The summed E-state index contributed by atoms with van der Waals surface area (Å²) in [5.74, 6) is 0.695. The third kappa shape index (κ3) is 2.62. The van der Waals surface area contributed by atoms with Gasteiger partial charge in [0.25, 0.3) is 0 Å². The summed E-state index contributed by atoms with van der Waals surface area (Å²) in [6.45, 7) is 6.85. The molecule has 1 aromatic heterocycles. The summed E-state index contributed by atoms with van der Waals surface area (Å²) < 4.78 is 0. The molecule has 2 N–H and O–H groups in total. The zero-order valence-electron chi connectivity index (χ0n) is 10.1. The van der Waals surface area contributed by atoms with Crippen molar-refractivity contribution in [2.45, 2.75) is 38.8 Å². The second-order valence-electron chi connectivity index (χ2n) is 5.04. The molecule has 2 atom stereocenters. The number of likely N-dealkylation sites (tertiary alicyclic amines) is 1. The van der Waals surface area contributed by atoms with E-state index in [2.05, 4.69) is 23.7 Å². The molecule has 2 rings (SSSR count). The molecular formula is C12H21N3S. The third-order valence-electron chi connectivity index (χ3n) is 3.12. The topological polar surface area (TPSA) is 42.1 Å². The Bertz CT molecular complexity index is 310. The van der Waals surface area contributed by atoms with Crippen molar-refractivity contribution in [2.75, 3.05) is 13.1 Å². The van der Waals surface area contributed by atoms with Crippen molar-refractivity contribution in [1.82, 2.24) is 9.88 Å². The van der Waals surface area contributed by atoms with Crippen molar-refractivity contribution in [2.24, 2.45) is 11.7 Å². The molecule has 0 aliphatic carbocycles. The molecule has 1 saturated heterocycles. The molecule has 0 amide bonds. The van der Waals surface area contributed by atoms with Crippen LogP contribution in [0.2, 0.25) is 0 Å². The van der Waals surface area contributed by atoms with Gasteiger partial charge >= 0.3 is 0 Å². The van der Waals surface area contributed by atoms with Crippen LogP contribution in [0.1, 0.15) is 37.6 Å². The SMILES string of the molecule is CC(C)CN1CCCC(N)C1c1cncs1. The summed E-state index contributed by atoms with van der Waals surface area (Å²) >= 11 is 1.73. The van der Waals surface area contributed by atoms with Gasteiger partial charge in [0.05, 0.1) is 11.6 Å². The predicted molar refractivity (Wildman–Crippen MR) is 68.5 cm³/mol. The van der Waals surface area contributed by atoms with Gasteiger partial charge in [-0.1, -0.05) is 13.8 Å². The van der Waals surface area contributed by atoms with Crippen LogP contribution >= 0.6 is 11.3 Å². The first kappa shape index (κ1) is 12.0. The summed E-state index contributed by atoms with van der Waals surface area (Å²) in [6.07, 6.45) is 4.34. The van der Waals surface area contributed by atoms with E-state index in [4.69, 9.17) is 5.73 Å². The minimum Gasteiger partial charge on any atom is -0.326 e. The van der Waals surface area contributed by atoms with Crippen LogP contribution in [-0.2, 0) is 0 Å². The molecule has 0 aromatic carbocycles. The summed E-state index contributed by atoms with van der Waals surface area (Å²) in [5.41, 5.74) is 8.18. The van der Waals surface area contributed by atoms with Crippen molar-refractivity contribution in [3.63, 3.8) is 0 Å². The Morgan fingerprint density at radius 2 is 2.44 bits per heavy atom. The van der Waals surface area contributed by atoms with E-state index >= 15 is 0 Å². The highest BCUT2D eigenvalue weighted by Gasteiger charge is 2.31. The van der Waals surface area contributed by atoms with E-state index in [1.54, 1.807) is 11.3 Å². The van der Waals surface area contributed by atoms with Gasteiger partial charge in [-0.2, -0.15) is 0 Å². The lowest BCUT2D eigenvalue weighted by Crippen LogP contribution is -2.46. The Labute approximate surface area is 102 Å². The van der Waals surface area contributed by atoms with Gasteiger partial charge < -0.3 is 5.73 Å². The van der Waals surface area contributed by atoms with E-state index in [9.17, 15) is 0 Å². The molecule has 0 saturated carbocycles.